The minimum absolute atomic E-state index is 0. The van der Waals surface area contributed by atoms with Crippen LogP contribution in [-0.2, 0) is 14.8 Å². The molecular formula is C13H28IN5O3S. The van der Waals surface area contributed by atoms with Crippen LogP contribution < -0.4 is 10.0 Å². The lowest BCUT2D eigenvalue weighted by Gasteiger charge is -2.22. The number of amides is 1. The van der Waals surface area contributed by atoms with Crippen LogP contribution >= 0.6 is 24.0 Å². The molecule has 1 atom stereocenters. The van der Waals surface area contributed by atoms with Gasteiger partial charge in [0.05, 0.1) is 5.25 Å². The van der Waals surface area contributed by atoms with Crippen LogP contribution in [0.4, 0.5) is 0 Å². The van der Waals surface area contributed by atoms with Crippen molar-refractivity contribution in [1.82, 2.24) is 19.8 Å². The largest absolute Gasteiger partial charge is 0.357 e. The Balaban J connectivity index is 0.00000484. The number of sulfonamides is 1. The van der Waals surface area contributed by atoms with Gasteiger partial charge in [-0.05, 0) is 13.3 Å². The first-order chi connectivity index (χ1) is 10.3. The lowest BCUT2D eigenvalue weighted by atomic mass is 10.4. The molecule has 10 heteroatoms. The Morgan fingerprint density at radius 2 is 1.96 bits per heavy atom. The first-order valence-corrected chi connectivity index (χ1v) is 9.08. The van der Waals surface area contributed by atoms with Crippen molar-refractivity contribution >= 4 is 45.9 Å². The molecule has 8 nitrogen and oxygen atoms in total. The predicted octanol–water partition coefficient (Wildman–Crippen LogP) is -0.328. The molecule has 1 aliphatic heterocycles. The Kier molecular flexibility index (Phi) is 10.0. The maximum Gasteiger partial charge on any atom is 0.243 e. The topological polar surface area (TPSA) is 94.1 Å². The van der Waals surface area contributed by atoms with Crippen molar-refractivity contribution in [2.24, 2.45) is 4.99 Å². The van der Waals surface area contributed by atoms with E-state index >= 15 is 0 Å². The summed E-state index contributed by atoms with van der Waals surface area (Å²) in [5.41, 5.74) is 0. The maximum atomic E-state index is 12.1. The first-order valence-electron chi connectivity index (χ1n) is 7.53. The summed E-state index contributed by atoms with van der Waals surface area (Å²) < 4.78 is 26.7. The lowest BCUT2D eigenvalue weighted by Crippen LogP contribution is -2.43. The van der Waals surface area contributed by atoms with E-state index in [4.69, 9.17) is 0 Å². The highest BCUT2D eigenvalue weighted by Gasteiger charge is 2.33. The summed E-state index contributed by atoms with van der Waals surface area (Å²) in [5, 5.41) is 2.67. The number of rotatable bonds is 6. The second kappa shape index (κ2) is 10.3. The number of aliphatic imine (C=N–C) groups is 1. The highest BCUT2D eigenvalue weighted by atomic mass is 127. The molecule has 1 unspecified atom stereocenters. The molecule has 0 radical (unpaired) electrons. The summed E-state index contributed by atoms with van der Waals surface area (Å²) in [4.78, 5) is 19.3. The van der Waals surface area contributed by atoms with Gasteiger partial charge in [-0.25, -0.2) is 18.1 Å². The molecule has 1 rings (SSSR count). The zero-order valence-electron chi connectivity index (χ0n) is 14.2. The van der Waals surface area contributed by atoms with Gasteiger partial charge in [-0.2, -0.15) is 0 Å². The van der Waals surface area contributed by atoms with Gasteiger partial charge in [-0.1, -0.05) is 6.92 Å². The minimum atomic E-state index is -3.29. The Morgan fingerprint density at radius 1 is 1.30 bits per heavy atom. The average molecular weight is 461 g/mol. The van der Waals surface area contributed by atoms with Crippen molar-refractivity contribution in [1.29, 1.82) is 0 Å². The number of carbonyl (C=O) groups is 1. The van der Waals surface area contributed by atoms with Crippen molar-refractivity contribution in [2.45, 2.75) is 25.5 Å². The van der Waals surface area contributed by atoms with Crippen molar-refractivity contribution in [2.75, 3.05) is 46.8 Å². The van der Waals surface area contributed by atoms with Crippen molar-refractivity contribution in [3.63, 3.8) is 0 Å². The zero-order valence-corrected chi connectivity index (χ0v) is 17.3. The van der Waals surface area contributed by atoms with Gasteiger partial charge >= 0.3 is 0 Å². The minimum Gasteiger partial charge on any atom is -0.357 e. The van der Waals surface area contributed by atoms with E-state index in [1.165, 1.54) is 4.90 Å². The van der Waals surface area contributed by atoms with Gasteiger partial charge in [0.15, 0.2) is 5.96 Å². The molecule has 1 heterocycles. The van der Waals surface area contributed by atoms with Crippen LogP contribution in [0.5, 0.6) is 0 Å². The van der Waals surface area contributed by atoms with E-state index < -0.39 is 15.3 Å². The van der Waals surface area contributed by atoms with Crippen LogP contribution in [0.2, 0.25) is 0 Å². The molecule has 2 N–H and O–H groups in total. The monoisotopic (exact) mass is 461 g/mol. The van der Waals surface area contributed by atoms with Crippen molar-refractivity contribution in [3.8, 4) is 0 Å². The number of nitrogens with zero attached hydrogens (tertiary/aromatic N) is 3. The zero-order chi connectivity index (χ0) is 16.8. The number of hydrogen-bond acceptors (Lipinski definition) is 4. The second-order valence-corrected chi connectivity index (χ2v) is 7.40. The lowest BCUT2D eigenvalue weighted by molar-refractivity contribution is -0.127. The Hall–Kier alpha value is -0.620. The van der Waals surface area contributed by atoms with E-state index in [1.807, 2.05) is 11.8 Å². The number of guanidine groups is 1. The summed E-state index contributed by atoms with van der Waals surface area (Å²) in [7, 11) is 0.0747. The number of nitrogens with one attached hydrogen (secondary N) is 2. The highest BCUT2D eigenvalue weighted by molar-refractivity contribution is 14.0. The van der Waals surface area contributed by atoms with Crippen LogP contribution in [-0.4, -0.2) is 82.2 Å². The number of likely N-dealkylation sites (N-methyl/N-ethyl adjacent to an activating group) is 1. The fourth-order valence-electron chi connectivity index (χ4n) is 2.20. The normalized spacial score (nSPS) is 18.5. The molecule has 0 aromatic carbocycles. The molecular weight excluding hydrogens is 433 g/mol. The summed E-state index contributed by atoms with van der Waals surface area (Å²) >= 11 is 0. The summed E-state index contributed by atoms with van der Waals surface area (Å²) in [5.74, 6) is 0.498. The van der Waals surface area contributed by atoms with E-state index in [9.17, 15) is 13.2 Å². The quantitative estimate of drug-likeness (QED) is 0.321. The van der Waals surface area contributed by atoms with Gasteiger partial charge in [-0.3, -0.25) is 4.79 Å². The van der Waals surface area contributed by atoms with Gasteiger partial charge < -0.3 is 15.1 Å². The summed E-state index contributed by atoms with van der Waals surface area (Å²) in [6, 6.07) is 0. The van der Waals surface area contributed by atoms with Crippen molar-refractivity contribution in [3.05, 3.63) is 0 Å². The van der Waals surface area contributed by atoms with Crippen LogP contribution in [0.3, 0.4) is 0 Å². The number of carbonyl (C=O) groups excluding carboxylic acids is 1. The number of likely N-dealkylation sites (tertiary alicyclic amines) is 1. The van der Waals surface area contributed by atoms with Crippen molar-refractivity contribution < 1.29 is 13.2 Å². The molecule has 0 spiro atoms. The number of halogens is 1. The average Bonchev–Trinajstić information content (AvgIpc) is 2.93. The first kappa shape index (κ1) is 22.4. The smallest absolute Gasteiger partial charge is 0.243 e. The van der Waals surface area contributed by atoms with E-state index in [0.717, 1.165) is 0 Å². The molecule has 0 aromatic heterocycles. The van der Waals surface area contributed by atoms with Gasteiger partial charge in [0.2, 0.25) is 15.9 Å². The molecule has 0 aliphatic carbocycles. The molecule has 1 fully saturated rings. The van der Waals surface area contributed by atoms with Crippen LogP contribution in [0, 0.1) is 0 Å². The molecule has 1 amide bonds. The third-order valence-electron chi connectivity index (χ3n) is 3.43. The molecule has 1 saturated heterocycles. The summed E-state index contributed by atoms with van der Waals surface area (Å²) in [6.07, 6.45) is 0.557. The summed E-state index contributed by atoms with van der Waals surface area (Å²) in [6.45, 7) is 5.81. The Morgan fingerprint density at radius 3 is 2.48 bits per heavy atom. The molecule has 23 heavy (non-hydrogen) atoms. The second-order valence-electron chi connectivity index (χ2n) is 5.36. The molecule has 0 bridgehead atoms. The van der Waals surface area contributed by atoms with Crippen LogP contribution in [0.25, 0.3) is 0 Å². The van der Waals surface area contributed by atoms with Gasteiger partial charge in [0.1, 0.15) is 6.54 Å². The third-order valence-corrected chi connectivity index (χ3v) is 5.38. The van der Waals surface area contributed by atoms with E-state index in [-0.39, 0.29) is 36.4 Å². The van der Waals surface area contributed by atoms with Gasteiger partial charge in [0.25, 0.3) is 0 Å². The predicted molar refractivity (Wildman–Crippen MR) is 103 cm³/mol. The SMILES string of the molecule is CCNC(=NCC(=O)N(C)C)N1CCC(S(=O)(=O)NCC)C1.I. The Labute approximate surface area is 156 Å². The Bertz CT molecular complexity index is 510. The molecule has 0 saturated carbocycles. The molecule has 1 aliphatic rings. The van der Waals surface area contributed by atoms with Gasteiger partial charge in [0, 0.05) is 40.3 Å². The molecule has 136 valence electrons. The number of hydrogen-bond donors (Lipinski definition) is 2. The fourth-order valence-corrected chi connectivity index (χ4v) is 3.63. The highest BCUT2D eigenvalue weighted by Crippen LogP contribution is 2.16. The molecule has 0 aromatic rings. The van der Waals surface area contributed by atoms with E-state index in [2.05, 4.69) is 15.0 Å². The maximum absolute atomic E-state index is 12.1. The van der Waals surface area contributed by atoms with Gasteiger partial charge in [-0.15, -0.1) is 24.0 Å². The third kappa shape index (κ3) is 6.79. The van der Waals surface area contributed by atoms with Crippen LogP contribution in [0.15, 0.2) is 4.99 Å². The standard InChI is InChI=1S/C13H27N5O3S.HI/c1-5-14-13(15-9-12(19)17(3)4)18-8-7-11(10-18)22(20,21)16-6-2;/h11,16H,5-10H2,1-4H3,(H,14,15);1H. The fraction of sp³-hybridized carbons (Fsp3) is 0.846. The van der Waals surface area contributed by atoms with E-state index in [0.29, 0.717) is 38.6 Å². The van der Waals surface area contributed by atoms with Crippen LogP contribution in [0.1, 0.15) is 20.3 Å². The van der Waals surface area contributed by atoms with E-state index in [1.54, 1.807) is 21.0 Å².